The lowest BCUT2D eigenvalue weighted by Crippen LogP contribution is -2.33. The maximum absolute atomic E-state index is 12.2. The molecule has 33 heavy (non-hydrogen) atoms. The number of alkyl carbamates (subject to hydrolysis) is 1. The number of carboxylic acids is 1. The molecule has 1 atom stereocenters. The van der Waals surface area contributed by atoms with E-state index in [-0.39, 0.29) is 24.3 Å². The standard InChI is InChI=1S/C26H32N2O5/c1-18(16-25(30)31)28-24(29)14-4-2-3-9-15-27-26(32)33-17-23-21-12-7-5-10-19(21)20-11-6-8-13-22(20)23/h5-8,10-13,18,23H,2-4,9,14-17H2,1H3,(H,27,32)(H,28,29)(H,30,31)/t18-/m1/s1. The molecular formula is C26H32N2O5. The SMILES string of the molecule is C[C@H](CC(=O)O)NC(=O)CCCCCCNC(=O)OCC1c2ccccc2-c2ccccc21. The molecule has 176 valence electrons. The first kappa shape index (κ1) is 24.3. The van der Waals surface area contributed by atoms with E-state index in [0.717, 1.165) is 25.7 Å². The summed E-state index contributed by atoms with van der Waals surface area (Å²) in [5.74, 6) is -1.00. The van der Waals surface area contributed by atoms with E-state index in [9.17, 15) is 14.4 Å². The zero-order chi connectivity index (χ0) is 23.6. The highest BCUT2D eigenvalue weighted by Crippen LogP contribution is 2.44. The van der Waals surface area contributed by atoms with E-state index < -0.39 is 12.1 Å². The van der Waals surface area contributed by atoms with E-state index >= 15 is 0 Å². The Balaban J connectivity index is 1.29. The Morgan fingerprint density at radius 1 is 0.939 bits per heavy atom. The van der Waals surface area contributed by atoms with Gasteiger partial charge in [0.1, 0.15) is 6.61 Å². The summed E-state index contributed by atoms with van der Waals surface area (Å²) in [5.41, 5.74) is 4.78. The zero-order valence-corrected chi connectivity index (χ0v) is 19.0. The molecule has 3 rings (SSSR count). The molecule has 3 N–H and O–H groups in total. The van der Waals surface area contributed by atoms with Gasteiger partial charge in [-0.25, -0.2) is 4.79 Å². The Kier molecular flexibility index (Phi) is 8.87. The van der Waals surface area contributed by atoms with E-state index in [1.54, 1.807) is 6.92 Å². The molecule has 0 bridgehead atoms. The predicted molar refractivity (Wildman–Crippen MR) is 126 cm³/mol. The number of hydrogen-bond acceptors (Lipinski definition) is 4. The average molecular weight is 453 g/mol. The molecule has 1 aliphatic carbocycles. The Bertz CT molecular complexity index is 929. The topological polar surface area (TPSA) is 105 Å². The summed E-state index contributed by atoms with van der Waals surface area (Å²) >= 11 is 0. The molecule has 2 aromatic rings. The summed E-state index contributed by atoms with van der Waals surface area (Å²) < 4.78 is 5.52. The minimum absolute atomic E-state index is 0.0486. The van der Waals surface area contributed by atoms with E-state index in [1.165, 1.54) is 22.3 Å². The van der Waals surface area contributed by atoms with Crippen molar-refractivity contribution in [2.75, 3.05) is 13.2 Å². The van der Waals surface area contributed by atoms with Crippen molar-refractivity contribution in [3.8, 4) is 11.1 Å². The van der Waals surface area contributed by atoms with Crippen LogP contribution in [0.3, 0.4) is 0 Å². The van der Waals surface area contributed by atoms with E-state index in [2.05, 4.69) is 34.9 Å². The first-order chi connectivity index (χ1) is 16.0. The van der Waals surface area contributed by atoms with Crippen LogP contribution in [0.15, 0.2) is 48.5 Å². The number of hydrogen-bond donors (Lipinski definition) is 3. The third kappa shape index (κ3) is 7.07. The smallest absolute Gasteiger partial charge is 0.407 e. The van der Waals surface area contributed by atoms with E-state index in [0.29, 0.717) is 19.6 Å². The molecule has 0 unspecified atom stereocenters. The van der Waals surface area contributed by atoms with Crippen molar-refractivity contribution in [1.82, 2.24) is 10.6 Å². The van der Waals surface area contributed by atoms with Gasteiger partial charge < -0.3 is 20.5 Å². The number of amides is 2. The van der Waals surface area contributed by atoms with Gasteiger partial charge in [-0.1, -0.05) is 61.4 Å². The number of carbonyl (C=O) groups excluding carboxylic acids is 2. The monoisotopic (exact) mass is 452 g/mol. The molecule has 7 heteroatoms. The number of carboxylic acid groups (broad SMARTS) is 1. The third-order valence-electron chi connectivity index (χ3n) is 5.83. The number of rotatable bonds is 12. The fourth-order valence-electron chi connectivity index (χ4n) is 4.26. The Morgan fingerprint density at radius 2 is 1.55 bits per heavy atom. The molecule has 1 aliphatic rings. The van der Waals surface area contributed by atoms with E-state index in [1.807, 2.05) is 24.3 Å². The quantitative estimate of drug-likeness (QED) is 0.413. The van der Waals surface area contributed by atoms with Crippen LogP contribution >= 0.6 is 0 Å². The lowest BCUT2D eigenvalue weighted by Gasteiger charge is -2.14. The van der Waals surface area contributed by atoms with Crippen molar-refractivity contribution >= 4 is 18.0 Å². The van der Waals surface area contributed by atoms with Gasteiger partial charge in [-0.2, -0.15) is 0 Å². The van der Waals surface area contributed by atoms with Gasteiger partial charge >= 0.3 is 12.1 Å². The predicted octanol–water partition coefficient (Wildman–Crippen LogP) is 4.46. The normalized spacial score (nSPS) is 13.0. The van der Waals surface area contributed by atoms with Crippen LogP contribution < -0.4 is 10.6 Å². The largest absolute Gasteiger partial charge is 0.481 e. The molecule has 0 aromatic heterocycles. The second-order valence-electron chi connectivity index (χ2n) is 8.48. The van der Waals surface area contributed by atoms with Crippen LogP contribution in [0.1, 0.15) is 62.5 Å². The highest BCUT2D eigenvalue weighted by molar-refractivity contribution is 5.79. The molecular weight excluding hydrogens is 420 g/mol. The van der Waals surface area contributed by atoms with Crippen LogP contribution in [0.4, 0.5) is 4.79 Å². The maximum Gasteiger partial charge on any atom is 0.407 e. The summed E-state index contributed by atoms with van der Waals surface area (Å²) in [7, 11) is 0. The first-order valence-corrected chi connectivity index (χ1v) is 11.6. The van der Waals surface area contributed by atoms with Crippen LogP contribution in [0.5, 0.6) is 0 Å². The lowest BCUT2D eigenvalue weighted by atomic mass is 9.98. The number of carbonyl (C=O) groups is 3. The number of ether oxygens (including phenoxy) is 1. The van der Waals surface area contributed by atoms with Gasteiger partial charge in [0, 0.05) is 24.9 Å². The fraction of sp³-hybridized carbons (Fsp3) is 0.423. The van der Waals surface area contributed by atoms with Crippen molar-refractivity contribution in [2.24, 2.45) is 0 Å². The van der Waals surface area contributed by atoms with Gasteiger partial charge in [-0.05, 0) is 42.0 Å². The number of nitrogens with one attached hydrogen (secondary N) is 2. The van der Waals surface area contributed by atoms with Gasteiger partial charge in [0.05, 0.1) is 6.42 Å². The van der Waals surface area contributed by atoms with E-state index in [4.69, 9.17) is 9.84 Å². The summed E-state index contributed by atoms with van der Waals surface area (Å²) in [6.45, 7) is 2.51. The van der Waals surface area contributed by atoms with Crippen LogP contribution in [-0.2, 0) is 14.3 Å². The summed E-state index contributed by atoms with van der Waals surface area (Å²) in [4.78, 5) is 34.5. The average Bonchev–Trinajstić information content (AvgIpc) is 3.10. The second kappa shape index (κ2) is 12.0. The maximum atomic E-state index is 12.2. The van der Waals surface area contributed by atoms with Crippen LogP contribution in [0.25, 0.3) is 11.1 Å². The van der Waals surface area contributed by atoms with Gasteiger partial charge in [0.15, 0.2) is 0 Å². The fourth-order valence-corrected chi connectivity index (χ4v) is 4.26. The summed E-state index contributed by atoms with van der Waals surface area (Å²) in [5, 5.41) is 14.2. The minimum Gasteiger partial charge on any atom is -0.481 e. The molecule has 0 heterocycles. The van der Waals surface area contributed by atoms with Crippen LogP contribution in [0, 0.1) is 0 Å². The molecule has 0 saturated carbocycles. The molecule has 0 radical (unpaired) electrons. The molecule has 2 amide bonds. The van der Waals surface area contributed by atoms with Crippen molar-refractivity contribution < 1.29 is 24.2 Å². The summed E-state index contributed by atoms with van der Waals surface area (Å²) in [6, 6.07) is 16.1. The highest BCUT2D eigenvalue weighted by atomic mass is 16.5. The number of aliphatic carboxylic acids is 1. The van der Waals surface area contributed by atoms with Crippen molar-refractivity contribution in [3.63, 3.8) is 0 Å². The van der Waals surface area contributed by atoms with Crippen molar-refractivity contribution in [2.45, 2.75) is 57.4 Å². The number of unbranched alkanes of at least 4 members (excludes halogenated alkanes) is 3. The zero-order valence-electron chi connectivity index (χ0n) is 19.0. The molecule has 7 nitrogen and oxygen atoms in total. The number of fused-ring (bicyclic) bond motifs is 3. The molecule has 0 spiro atoms. The number of benzene rings is 2. The van der Waals surface area contributed by atoms with Crippen molar-refractivity contribution in [3.05, 3.63) is 59.7 Å². The molecule has 0 fully saturated rings. The summed E-state index contributed by atoms with van der Waals surface area (Å²) in [6.07, 6.45) is 3.19. The third-order valence-corrected chi connectivity index (χ3v) is 5.83. The highest BCUT2D eigenvalue weighted by Gasteiger charge is 2.28. The van der Waals surface area contributed by atoms with Gasteiger partial charge in [-0.15, -0.1) is 0 Å². The lowest BCUT2D eigenvalue weighted by molar-refractivity contribution is -0.137. The Hall–Kier alpha value is -3.35. The van der Waals surface area contributed by atoms with Gasteiger partial charge in [0.2, 0.25) is 5.91 Å². The Labute approximate surface area is 194 Å². The minimum atomic E-state index is -0.924. The van der Waals surface area contributed by atoms with Crippen molar-refractivity contribution in [1.29, 1.82) is 0 Å². The van der Waals surface area contributed by atoms with Crippen LogP contribution in [0.2, 0.25) is 0 Å². The molecule has 0 saturated heterocycles. The van der Waals surface area contributed by atoms with Gasteiger partial charge in [-0.3, -0.25) is 9.59 Å². The van der Waals surface area contributed by atoms with Crippen LogP contribution in [-0.4, -0.2) is 42.3 Å². The van der Waals surface area contributed by atoms with Gasteiger partial charge in [0.25, 0.3) is 0 Å². The first-order valence-electron chi connectivity index (χ1n) is 11.6. The molecule has 2 aromatic carbocycles. The second-order valence-corrected chi connectivity index (χ2v) is 8.48. The Morgan fingerprint density at radius 3 is 2.18 bits per heavy atom. The molecule has 0 aliphatic heterocycles.